The van der Waals surface area contributed by atoms with Crippen LogP contribution in [0.3, 0.4) is 0 Å². The Bertz CT molecular complexity index is 150. The highest BCUT2D eigenvalue weighted by molar-refractivity contribution is 5.73. The number of nitroso groups, excluding NO2 is 1. The van der Waals surface area contributed by atoms with Crippen molar-refractivity contribution in [2.45, 2.75) is 26.7 Å². The third-order valence-electron chi connectivity index (χ3n) is 1.29. The number of urea groups is 1. The molecule has 0 fully saturated rings. The van der Waals surface area contributed by atoms with E-state index in [-0.39, 0.29) is 0 Å². The summed E-state index contributed by atoms with van der Waals surface area (Å²) in [6.07, 6.45) is 1.58. The van der Waals surface area contributed by atoms with E-state index >= 15 is 0 Å². The molecule has 1 N–H and O–H groups in total. The maximum Gasteiger partial charge on any atom is 0.340 e. The van der Waals surface area contributed by atoms with Gasteiger partial charge in [0.2, 0.25) is 0 Å². The van der Waals surface area contributed by atoms with Crippen LogP contribution in [0.2, 0.25) is 0 Å². The molecule has 0 aromatic heterocycles. The van der Waals surface area contributed by atoms with Gasteiger partial charge in [0.05, 0.1) is 5.29 Å². The van der Waals surface area contributed by atoms with E-state index in [9.17, 15) is 9.70 Å². The average molecular weight is 173 g/mol. The molecule has 0 aliphatic heterocycles. The van der Waals surface area contributed by atoms with Crippen molar-refractivity contribution in [1.29, 1.82) is 0 Å². The zero-order chi connectivity index (χ0) is 9.40. The summed E-state index contributed by atoms with van der Waals surface area (Å²) < 4.78 is 0. The Morgan fingerprint density at radius 2 is 2.08 bits per heavy atom. The third kappa shape index (κ3) is 3.90. The van der Waals surface area contributed by atoms with Crippen molar-refractivity contribution in [1.82, 2.24) is 10.3 Å². The van der Waals surface area contributed by atoms with Crippen molar-refractivity contribution < 1.29 is 4.79 Å². The van der Waals surface area contributed by atoms with Crippen LogP contribution in [0.15, 0.2) is 5.29 Å². The minimum absolute atomic E-state index is 0.374. The largest absolute Gasteiger partial charge is 0.340 e. The first kappa shape index (κ1) is 10.9. The Hall–Kier alpha value is -1.13. The third-order valence-corrected chi connectivity index (χ3v) is 1.29. The van der Waals surface area contributed by atoms with Crippen molar-refractivity contribution in [3.05, 3.63) is 4.91 Å². The maximum atomic E-state index is 11.0. The smallest absolute Gasteiger partial charge is 0.336 e. The fourth-order valence-electron chi connectivity index (χ4n) is 0.714. The summed E-state index contributed by atoms with van der Waals surface area (Å²) in [5.74, 6) is 0. The molecule has 5 nitrogen and oxygen atoms in total. The van der Waals surface area contributed by atoms with Gasteiger partial charge in [-0.25, -0.2) is 4.79 Å². The lowest BCUT2D eigenvalue weighted by atomic mass is 10.4. The van der Waals surface area contributed by atoms with Crippen LogP contribution < -0.4 is 5.32 Å². The van der Waals surface area contributed by atoms with Crippen LogP contribution in [-0.4, -0.2) is 24.1 Å². The van der Waals surface area contributed by atoms with Crippen molar-refractivity contribution in [2.75, 3.05) is 13.1 Å². The Morgan fingerprint density at radius 3 is 2.50 bits per heavy atom. The summed E-state index contributed by atoms with van der Waals surface area (Å²) in [4.78, 5) is 21.2. The molecule has 0 aliphatic carbocycles. The highest BCUT2D eigenvalue weighted by Crippen LogP contribution is 1.92. The first-order valence-electron chi connectivity index (χ1n) is 4.14. The average Bonchev–Trinajstić information content (AvgIpc) is 2.10. The number of hydrogen-bond donors (Lipinski definition) is 1. The molecule has 0 rings (SSSR count). The van der Waals surface area contributed by atoms with Crippen molar-refractivity contribution >= 4 is 6.03 Å². The first-order valence-corrected chi connectivity index (χ1v) is 4.14. The lowest BCUT2D eigenvalue weighted by Crippen LogP contribution is -2.36. The van der Waals surface area contributed by atoms with E-state index in [2.05, 4.69) is 10.6 Å². The molecule has 0 saturated carbocycles. The van der Waals surface area contributed by atoms with Gasteiger partial charge in [0, 0.05) is 13.1 Å². The Labute approximate surface area is 72.1 Å². The van der Waals surface area contributed by atoms with Crippen LogP contribution in [0.4, 0.5) is 4.79 Å². The lowest BCUT2D eigenvalue weighted by molar-refractivity contribution is 0.199. The number of nitrogens with zero attached hydrogens (tertiary/aromatic N) is 2. The van der Waals surface area contributed by atoms with Gasteiger partial charge in [0.15, 0.2) is 0 Å². The molecule has 5 heteroatoms. The van der Waals surface area contributed by atoms with E-state index in [0.29, 0.717) is 13.1 Å². The van der Waals surface area contributed by atoms with E-state index < -0.39 is 6.03 Å². The predicted octanol–water partition coefficient (Wildman–Crippen LogP) is 1.50. The fraction of sp³-hybridized carbons (Fsp3) is 0.857. The molecule has 0 aromatic rings. The topological polar surface area (TPSA) is 61.8 Å². The number of hydrogen-bond acceptors (Lipinski definition) is 3. The highest BCUT2D eigenvalue weighted by Gasteiger charge is 2.10. The van der Waals surface area contributed by atoms with Gasteiger partial charge in [-0.1, -0.05) is 13.8 Å². The molecule has 0 aliphatic rings. The van der Waals surface area contributed by atoms with Gasteiger partial charge >= 0.3 is 6.03 Å². The molecule has 0 heterocycles. The normalized spacial score (nSPS) is 9.17. The predicted molar refractivity (Wildman–Crippen MR) is 46.5 cm³/mol. The SMILES string of the molecule is CCCNC(=O)N(CCC)N=O. The lowest BCUT2D eigenvalue weighted by Gasteiger charge is -2.12. The van der Waals surface area contributed by atoms with E-state index in [4.69, 9.17) is 0 Å². The fourth-order valence-corrected chi connectivity index (χ4v) is 0.714. The Morgan fingerprint density at radius 1 is 1.42 bits per heavy atom. The van der Waals surface area contributed by atoms with Crippen molar-refractivity contribution in [3.63, 3.8) is 0 Å². The molecule has 0 aromatic carbocycles. The molecule has 2 amide bonds. The second kappa shape index (κ2) is 6.57. The maximum absolute atomic E-state index is 11.0. The standard InChI is InChI=1S/C7H15N3O2/c1-3-5-8-7(11)10(9-12)6-4-2/h3-6H2,1-2H3,(H,8,11). The summed E-state index contributed by atoms with van der Waals surface area (Å²) in [6.45, 7) is 4.78. The molecule has 0 spiro atoms. The second-order valence-electron chi connectivity index (χ2n) is 2.44. The highest BCUT2D eigenvalue weighted by atomic mass is 16.3. The first-order chi connectivity index (χ1) is 5.76. The summed E-state index contributed by atoms with van der Waals surface area (Å²) in [5.41, 5.74) is 0. The van der Waals surface area contributed by atoms with Gasteiger partial charge in [-0.2, -0.15) is 5.01 Å². The van der Waals surface area contributed by atoms with Gasteiger partial charge < -0.3 is 5.32 Å². The molecule has 0 unspecified atom stereocenters. The molecular formula is C7H15N3O2. The van der Waals surface area contributed by atoms with Crippen molar-refractivity contribution in [2.24, 2.45) is 5.29 Å². The molecule has 0 saturated heterocycles. The summed E-state index contributed by atoms with van der Waals surface area (Å²) in [7, 11) is 0. The summed E-state index contributed by atoms with van der Waals surface area (Å²) >= 11 is 0. The molecule has 0 atom stereocenters. The zero-order valence-corrected chi connectivity index (χ0v) is 7.54. The zero-order valence-electron chi connectivity index (χ0n) is 7.54. The van der Waals surface area contributed by atoms with Crippen molar-refractivity contribution in [3.8, 4) is 0 Å². The van der Waals surface area contributed by atoms with Gasteiger partial charge in [0.25, 0.3) is 0 Å². The van der Waals surface area contributed by atoms with Gasteiger partial charge in [-0.15, -0.1) is 4.91 Å². The van der Waals surface area contributed by atoms with Gasteiger partial charge in [0.1, 0.15) is 0 Å². The number of carbonyl (C=O) groups excluding carboxylic acids is 1. The van der Waals surface area contributed by atoms with Crippen LogP contribution in [0.5, 0.6) is 0 Å². The minimum atomic E-state index is -0.409. The van der Waals surface area contributed by atoms with Crippen LogP contribution in [0.25, 0.3) is 0 Å². The molecule has 70 valence electrons. The molecule has 12 heavy (non-hydrogen) atoms. The molecule has 0 radical (unpaired) electrons. The summed E-state index contributed by atoms with van der Waals surface area (Å²) in [5, 5.41) is 6.06. The Kier molecular flexibility index (Phi) is 5.95. The van der Waals surface area contributed by atoms with E-state index in [1.807, 2.05) is 13.8 Å². The summed E-state index contributed by atoms with van der Waals surface area (Å²) in [6, 6.07) is -0.409. The van der Waals surface area contributed by atoms with Crippen LogP contribution in [-0.2, 0) is 0 Å². The van der Waals surface area contributed by atoms with Crippen LogP contribution in [0, 0.1) is 4.91 Å². The number of rotatable bonds is 5. The Balaban J connectivity index is 3.77. The van der Waals surface area contributed by atoms with Gasteiger partial charge in [-0.3, -0.25) is 0 Å². The van der Waals surface area contributed by atoms with Crippen LogP contribution in [0.1, 0.15) is 26.7 Å². The number of amides is 2. The number of nitrogens with one attached hydrogen (secondary N) is 1. The van der Waals surface area contributed by atoms with Crippen LogP contribution >= 0.6 is 0 Å². The second-order valence-corrected chi connectivity index (χ2v) is 2.44. The van der Waals surface area contributed by atoms with E-state index in [1.54, 1.807) is 0 Å². The molecular weight excluding hydrogens is 158 g/mol. The van der Waals surface area contributed by atoms with E-state index in [0.717, 1.165) is 17.9 Å². The number of carbonyl (C=O) groups is 1. The quantitative estimate of drug-likeness (QED) is 0.506. The molecule has 0 bridgehead atoms. The van der Waals surface area contributed by atoms with Gasteiger partial charge in [-0.05, 0) is 12.8 Å². The monoisotopic (exact) mass is 173 g/mol. The minimum Gasteiger partial charge on any atom is -0.336 e. The van der Waals surface area contributed by atoms with E-state index in [1.165, 1.54) is 0 Å².